The first kappa shape index (κ1) is 50.6. The van der Waals surface area contributed by atoms with Crippen LogP contribution in [0.4, 0.5) is 34.1 Å². The van der Waals surface area contributed by atoms with Gasteiger partial charge in [0.1, 0.15) is 0 Å². The third-order valence-corrected chi connectivity index (χ3v) is 18.5. The summed E-state index contributed by atoms with van der Waals surface area (Å²) in [6.45, 7) is -0.215. The van der Waals surface area contributed by atoms with Crippen LogP contribution in [0.25, 0.3) is 121 Å². The van der Waals surface area contributed by atoms with Gasteiger partial charge in [0.05, 0.1) is 11.2 Å². The number of hydrogen-bond acceptors (Lipinski definition) is 4. The van der Waals surface area contributed by atoms with E-state index in [4.69, 9.17) is 9.97 Å². The molecule has 2 aliphatic heterocycles. The highest BCUT2D eigenvalue weighted by Crippen LogP contribution is 2.52. The number of anilines is 6. The Kier molecular flexibility index (Phi) is 11.7. The molecule has 0 saturated carbocycles. The maximum absolute atomic E-state index is 5.72. The van der Waals surface area contributed by atoms with Gasteiger partial charge in [-0.25, -0.2) is 9.97 Å². The zero-order valence-electron chi connectivity index (χ0n) is 48.5. The number of aromatic nitrogens is 2. The molecule has 3 heterocycles. The fourth-order valence-electron chi connectivity index (χ4n) is 14.5. The monoisotopic (exact) mass is 1130 g/mol. The second-order valence-electron chi connectivity index (χ2n) is 23.6. The van der Waals surface area contributed by atoms with Crippen LogP contribution in [0.15, 0.2) is 322 Å². The number of hydrogen-bond donors (Lipinski definition) is 0. The molecule has 0 fully saturated rings. The fourth-order valence-corrected chi connectivity index (χ4v) is 14.5. The van der Waals surface area contributed by atoms with Crippen molar-refractivity contribution in [1.29, 1.82) is 0 Å². The minimum absolute atomic E-state index is 0.215. The average molecular weight is 1130 g/mol. The van der Waals surface area contributed by atoms with Gasteiger partial charge in [-0.05, 0) is 148 Å². The largest absolute Gasteiger partial charge is 0.311 e. The lowest BCUT2D eigenvalue weighted by atomic mass is 9.33. The molecular formula is C84H53BN4. The molecule has 0 radical (unpaired) electrons. The van der Waals surface area contributed by atoms with Gasteiger partial charge in [0.2, 0.25) is 0 Å². The van der Waals surface area contributed by atoms with Gasteiger partial charge in [0.25, 0.3) is 6.71 Å². The Morgan fingerprint density at radius 3 is 1.06 bits per heavy atom. The van der Waals surface area contributed by atoms with Crippen molar-refractivity contribution in [2.75, 3.05) is 9.80 Å². The summed E-state index contributed by atoms with van der Waals surface area (Å²) in [5.41, 5.74) is 23.0. The summed E-state index contributed by atoms with van der Waals surface area (Å²) in [6.07, 6.45) is 0. The molecule has 0 aliphatic carbocycles. The van der Waals surface area contributed by atoms with Crippen molar-refractivity contribution in [2.45, 2.75) is 0 Å². The van der Waals surface area contributed by atoms with Crippen molar-refractivity contribution in [3.63, 3.8) is 0 Å². The van der Waals surface area contributed by atoms with E-state index in [-0.39, 0.29) is 6.71 Å². The van der Waals surface area contributed by atoms with E-state index < -0.39 is 0 Å². The molecule has 89 heavy (non-hydrogen) atoms. The third-order valence-electron chi connectivity index (χ3n) is 18.5. The third kappa shape index (κ3) is 8.31. The van der Waals surface area contributed by atoms with Crippen molar-refractivity contribution >= 4 is 111 Å². The van der Waals surface area contributed by atoms with Gasteiger partial charge in [0.15, 0.2) is 5.82 Å². The molecule has 0 spiro atoms. The highest BCUT2D eigenvalue weighted by atomic mass is 15.2. The lowest BCUT2D eigenvalue weighted by Gasteiger charge is -2.45. The first-order valence-electron chi connectivity index (χ1n) is 30.6. The predicted molar refractivity (Wildman–Crippen MR) is 376 cm³/mol. The van der Waals surface area contributed by atoms with Gasteiger partial charge in [-0.1, -0.05) is 267 Å². The van der Waals surface area contributed by atoms with E-state index in [1.165, 1.54) is 59.5 Å². The van der Waals surface area contributed by atoms with Crippen molar-refractivity contribution in [3.8, 4) is 67.2 Å². The van der Waals surface area contributed by atoms with Gasteiger partial charge in [-0.2, -0.15) is 0 Å². The van der Waals surface area contributed by atoms with E-state index in [0.29, 0.717) is 5.82 Å². The Labute approximate surface area is 516 Å². The number of benzene rings is 15. The number of fused-ring (bicyclic) bond motifs is 13. The molecule has 1 aromatic heterocycles. The van der Waals surface area contributed by atoms with Crippen molar-refractivity contribution in [1.82, 2.24) is 9.97 Å². The van der Waals surface area contributed by atoms with Crippen molar-refractivity contribution < 1.29 is 0 Å². The molecule has 0 unspecified atom stereocenters. The summed E-state index contributed by atoms with van der Waals surface area (Å²) in [5.74, 6) is 0.647. The molecule has 4 nitrogen and oxygen atoms in total. The van der Waals surface area contributed by atoms with Gasteiger partial charge >= 0.3 is 0 Å². The lowest BCUT2D eigenvalue weighted by molar-refractivity contribution is 1.21. The summed E-state index contributed by atoms with van der Waals surface area (Å²) in [6, 6.07) is 118. The Bertz CT molecular complexity index is 5110. The molecular weight excluding hydrogens is 1080 g/mol. The summed E-state index contributed by atoms with van der Waals surface area (Å²) >= 11 is 0. The molecule has 2 aliphatic rings. The minimum Gasteiger partial charge on any atom is -0.311 e. The molecule has 0 atom stereocenters. The summed E-state index contributed by atoms with van der Waals surface area (Å²) in [4.78, 5) is 16.6. The van der Waals surface area contributed by atoms with Gasteiger partial charge < -0.3 is 9.80 Å². The summed E-state index contributed by atoms with van der Waals surface area (Å²) < 4.78 is 0. The lowest BCUT2D eigenvalue weighted by Crippen LogP contribution is -2.61. The quantitative estimate of drug-likeness (QED) is 0.112. The van der Waals surface area contributed by atoms with Crippen LogP contribution in [-0.4, -0.2) is 16.7 Å². The molecule has 16 aromatic rings. The standard InChI is InChI=1S/C84H53BN4/c1-6-22-54(23-7-1)61-46-62(55-24-8-2-9-25-55)49-66(48-61)88-78-52-65(84-86-77-37-21-20-36-74(77)81(87-84)60-32-14-5-15-33-60)53-79-80(78)85(75-44-42-70-68-34-18-16-30-58(68)38-40-72(70)82(75)88)76-45-43-71-69-35-19-17-31-59(69)39-41-73(71)83(76)89(79)67-50-63(56-26-10-3-11-27-56)47-64(51-67)57-28-12-4-13-29-57/h1-53H. The fraction of sp³-hybridized carbons (Fsp3) is 0. The Hall–Kier alpha value is -11.7. The molecule has 0 bridgehead atoms. The van der Waals surface area contributed by atoms with E-state index in [1.807, 2.05) is 0 Å². The topological polar surface area (TPSA) is 32.3 Å². The molecule has 18 rings (SSSR count). The average Bonchev–Trinajstić information content (AvgIpc) is 0.812. The predicted octanol–water partition coefficient (Wildman–Crippen LogP) is 20.3. The molecule has 0 saturated heterocycles. The molecule has 5 heteroatoms. The van der Waals surface area contributed by atoms with Crippen LogP contribution in [0, 0.1) is 0 Å². The number of para-hydroxylation sites is 1. The highest BCUT2D eigenvalue weighted by molar-refractivity contribution is 7.01. The second-order valence-corrected chi connectivity index (χ2v) is 23.6. The SMILES string of the molecule is c1ccc(-c2cc(-c3ccccc3)cc(N3c4cc(-c5nc(-c6ccccc6)c6ccccc6n5)cc5c4B(c4ccc6c(ccc7ccccc76)c43)c3ccc4c(ccc6ccccc64)c3N5c3cc(-c4ccccc4)cc(-c4ccccc4)c3)c2)cc1. The maximum atomic E-state index is 5.72. The second kappa shape index (κ2) is 20.5. The summed E-state index contributed by atoms with van der Waals surface area (Å²) in [5, 5.41) is 10.6. The zero-order valence-corrected chi connectivity index (χ0v) is 48.5. The van der Waals surface area contributed by atoms with E-state index >= 15 is 0 Å². The van der Waals surface area contributed by atoms with Gasteiger partial charge in [-0.15, -0.1) is 0 Å². The Morgan fingerprint density at radius 2 is 0.618 bits per heavy atom. The van der Waals surface area contributed by atoms with Crippen molar-refractivity contribution in [3.05, 3.63) is 322 Å². The number of rotatable bonds is 8. The summed E-state index contributed by atoms with van der Waals surface area (Å²) in [7, 11) is 0. The van der Waals surface area contributed by atoms with Crippen LogP contribution in [0.5, 0.6) is 0 Å². The zero-order chi connectivity index (χ0) is 58.5. The van der Waals surface area contributed by atoms with E-state index in [1.54, 1.807) is 0 Å². The Balaban J connectivity index is 1.03. The van der Waals surface area contributed by atoms with Crippen LogP contribution >= 0.6 is 0 Å². The smallest absolute Gasteiger partial charge is 0.252 e. The van der Waals surface area contributed by atoms with Crippen LogP contribution in [0.1, 0.15) is 0 Å². The van der Waals surface area contributed by atoms with Gasteiger partial charge in [0, 0.05) is 61.4 Å². The van der Waals surface area contributed by atoms with Gasteiger partial charge in [-0.3, -0.25) is 0 Å². The first-order chi connectivity index (χ1) is 44.1. The van der Waals surface area contributed by atoms with Crippen LogP contribution < -0.4 is 26.2 Å². The normalized spacial score (nSPS) is 12.4. The van der Waals surface area contributed by atoms with Crippen LogP contribution in [0.3, 0.4) is 0 Å². The maximum Gasteiger partial charge on any atom is 0.252 e. The molecule has 15 aromatic carbocycles. The van der Waals surface area contributed by atoms with E-state index in [9.17, 15) is 0 Å². The molecule has 0 amide bonds. The number of nitrogens with zero attached hydrogens (tertiary/aromatic N) is 4. The van der Waals surface area contributed by atoms with E-state index in [0.717, 1.165) is 106 Å². The van der Waals surface area contributed by atoms with Crippen LogP contribution in [0.2, 0.25) is 0 Å². The van der Waals surface area contributed by atoms with E-state index in [2.05, 4.69) is 331 Å². The highest BCUT2D eigenvalue weighted by Gasteiger charge is 2.45. The van der Waals surface area contributed by atoms with Crippen molar-refractivity contribution in [2.24, 2.45) is 0 Å². The first-order valence-corrected chi connectivity index (χ1v) is 30.6. The van der Waals surface area contributed by atoms with Crippen LogP contribution in [-0.2, 0) is 0 Å². The minimum atomic E-state index is -0.215. The molecule has 412 valence electrons. The molecule has 0 N–H and O–H groups in total. The Morgan fingerprint density at radius 1 is 0.247 bits per heavy atom.